The number of sulfone groups is 1. The molecule has 1 aliphatic heterocycles. The Labute approximate surface area is 210 Å². The van der Waals surface area contributed by atoms with Gasteiger partial charge in [-0.2, -0.15) is 0 Å². The van der Waals surface area contributed by atoms with Gasteiger partial charge in [0.05, 0.1) is 9.37 Å². The summed E-state index contributed by atoms with van der Waals surface area (Å²) >= 11 is 3.49. The SMILES string of the molecule is CCCc1ccc(CN2CCc3ccc(S(=O)(=O)Cc4noc(C(C)(C)C)c4Br)cc3C2)cn1. The first-order chi connectivity index (χ1) is 16.1. The molecule has 0 bridgehead atoms. The second-order valence-electron chi connectivity index (χ2n) is 10.1. The van der Waals surface area contributed by atoms with Gasteiger partial charge in [-0.15, -0.1) is 0 Å². The fraction of sp³-hybridized carbons (Fsp3) is 0.462. The van der Waals surface area contributed by atoms with Crippen LogP contribution in [0.4, 0.5) is 0 Å². The third-order valence-corrected chi connectivity index (χ3v) is 8.58. The number of nitrogens with zero attached hydrogens (tertiary/aromatic N) is 3. The molecule has 0 atom stereocenters. The Balaban J connectivity index is 1.49. The van der Waals surface area contributed by atoms with Gasteiger partial charge in [-0.3, -0.25) is 9.88 Å². The van der Waals surface area contributed by atoms with Crippen molar-refractivity contribution in [2.75, 3.05) is 6.54 Å². The minimum atomic E-state index is -3.57. The van der Waals surface area contributed by atoms with E-state index in [9.17, 15) is 8.42 Å². The molecular formula is C26H32BrN3O3S. The molecular weight excluding hydrogens is 514 g/mol. The average molecular weight is 547 g/mol. The molecule has 0 spiro atoms. The van der Waals surface area contributed by atoms with Gasteiger partial charge >= 0.3 is 0 Å². The van der Waals surface area contributed by atoms with Crippen molar-refractivity contribution in [1.82, 2.24) is 15.0 Å². The van der Waals surface area contributed by atoms with Crippen LogP contribution < -0.4 is 0 Å². The van der Waals surface area contributed by atoms with Crippen LogP contribution in [0.2, 0.25) is 0 Å². The lowest BCUT2D eigenvalue weighted by molar-refractivity contribution is 0.245. The molecule has 4 rings (SSSR count). The van der Waals surface area contributed by atoms with Crippen LogP contribution in [0, 0.1) is 0 Å². The standard InChI is InChI=1S/C26H32BrN3O3S/c1-5-6-21-9-7-18(14-28-21)15-30-12-11-19-8-10-22(13-20(19)16-30)34(31,32)17-23-24(27)25(33-29-23)26(2,3)4/h7-10,13-14H,5-6,11-12,15-17H2,1-4H3. The summed E-state index contributed by atoms with van der Waals surface area (Å²) in [4.78, 5) is 7.24. The topological polar surface area (TPSA) is 76.3 Å². The van der Waals surface area contributed by atoms with Gasteiger partial charge in [-0.05, 0) is 63.7 Å². The van der Waals surface area contributed by atoms with Crippen molar-refractivity contribution in [2.24, 2.45) is 0 Å². The first-order valence-corrected chi connectivity index (χ1v) is 14.2. The summed E-state index contributed by atoms with van der Waals surface area (Å²) in [5.41, 5.74) is 4.72. The molecule has 1 aliphatic rings. The minimum Gasteiger partial charge on any atom is -0.359 e. The van der Waals surface area contributed by atoms with Crippen LogP contribution in [0.3, 0.4) is 0 Å². The molecule has 34 heavy (non-hydrogen) atoms. The van der Waals surface area contributed by atoms with Crippen molar-refractivity contribution in [1.29, 1.82) is 0 Å². The number of fused-ring (bicyclic) bond motifs is 1. The number of rotatable bonds is 7. The van der Waals surface area contributed by atoms with Crippen molar-refractivity contribution in [3.05, 3.63) is 74.8 Å². The van der Waals surface area contributed by atoms with Crippen molar-refractivity contribution in [2.45, 2.75) is 76.1 Å². The number of hydrogen-bond acceptors (Lipinski definition) is 6. The summed E-state index contributed by atoms with van der Waals surface area (Å²) in [7, 11) is -3.57. The normalized spacial score (nSPS) is 14.9. The quantitative estimate of drug-likeness (QED) is 0.383. The maximum Gasteiger partial charge on any atom is 0.184 e. The van der Waals surface area contributed by atoms with Gasteiger partial charge in [-0.25, -0.2) is 8.42 Å². The van der Waals surface area contributed by atoms with Crippen molar-refractivity contribution in [3.63, 3.8) is 0 Å². The Hall–Kier alpha value is -2.03. The molecule has 0 unspecified atom stereocenters. The first kappa shape index (κ1) is 25.1. The number of pyridine rings is 1. The summed E-state index contributed by atoms with van der Waals surface area (Å²) in [6.07, 6.45) is 4.95. The van der Waals surface area contributed by atoms with Crippen molar-refractivity contribution < 1.29 is 12.9 Å². The van der Waals surface area contributed by atoms with Crippen LogP contribution in [-0.4, -0.2) is 30.0 Å². The maximum absolute atomic E-state index is 13.2. The zero-order chi connectivity index (χ0) is 24.5. The van der Waals surface area contributed by atoms with Gasteiger partial charge in [0.2, 0.25) is 0 Å². The predicted octanol–water partition coefficient (Wildman–Crippen LogP) is 5.61. The summed E-state index contributed by atoms with van der Waals surface area (Å²) in [5, 5.41) is 4.04. The summed E-state index contributed by atoms with van der Waals surface area (Å²) in [6, 6.07) is 9.76. The van der Waals surface area contributed by atoms with Crippen LogP contribution in [0.5, 0.6) is 0 Å². The van der Waals surface area contributed by atoms with Crippen LogP contribution in [0.1, 0.15) is 68.0 Å². The Morgan fingerprint density at radius 1 is 1.15 bits per heavy atom. The monoisotopic (exact) mass is 545 g/mol. The fourth-order valence-corrected chi connectivity index (χ4v) is 6.65. The largest absolute Gasteiger partial charge is 0.359 e. The van der Waals surface area contributed by atoms with E-state index in [0.717, 1.165) is 50.2 Å². The molecule has 3 heterocycles. The number of hydrogen-bond donors (Lipinski definition) is 0. The van der Waals surface area contributed by atoms with E-state index in [4.69, 9.17) is 4.52 Å². The third kappa shape index (κ3) is 5.61. The molecule has 1 aromatic carbocycles. The van der Waals surface area contributed by atoms with E-state index in [0.29, 0.717) is 20.8 Å². The van der Waals surface area contributed by atoms with E-state index in [2.05, 4.69) is 50.0 Å². The Morgan fingerprint density at radius 2 is 1.94 bits per heavy atom. The molecule has 0 N–H and O–H groups in total. The Bertz CT molecular complexity index is 1260. The summed E-state index contributed by atoms with van der Waals surface area (Å²) in [6.45, 7) is 10.6. The second kappa shape index (κ2) is 9.91. The Kier molecular flexibility index (Phi) is 7.31. The number of aryl methyl sites for hydroxylation is 1. The zero-order valence-electron chi connectivity index (χ0n) is 20.3. The second-order valence-corrected chi connectivity index (χ2v) is 12.9. The van der Waals surface area contributed by atoms with Gasteiger partial charge in [-0.1, -0.05) is 51.4 Å². The van der Waals surface area contributed by atoms with Gasteiger partial charge in [0.1, 0.15) is 11.4 Å². The van der Waals surface area contributed by atoms with E-state index in [1.54, 1.807) is 6.07 Å². The van der Waals surface area contributed by atoms with Gasteiger partial charge in [0.15, 0.2) is 15.6 Å². The van der Waals surface area contributed by atoms with E-state index in [1.165, 1.54) is 11.1 Å². The number of halogens is 1. The predicted molar refractivity (Wildman–Crippen MR) is 136 cm³/mol. The Morgan fingerprint density at radius 3 is 2.59 bits per heavy atom. The number of aromatic nitrogens is 2. The molecule has 0 saturated heterocycles. The van der Waals surface area contributed by atoms with E-state index >= 15 is 0 Å². The van der Waals surface area contributed by atoms with Gasteiger partial charge in [0, 0.05) is 36.9 Å². The van der Waals surface area contributed by atoms with E-state index in [1.807, 2.05) is 39.1 Å². The van der Waals surface area contributed by atoms with Crippen LogP contribution in [0.25, 0.3) is 0 Å². The molecule has 182 valence electrons. The molecule has 3 aromatic rings. The van der Waals surface area contributed by atoms with Gasteiger partial charge < -0.3 is 4.52 Å². The molecule has 0 aliphatic carbocycles. The van der Waals surface area contributed by atoms with Gasteiger partial charge in [0.25, 0.3) is 0 Å². The molecule has 0 amide bonds. The third-order valence-electron chi connectivity index (χ3n) is 6.13. The first-order valence-electron chi connectivity index (χ1n) is 11.7. The van der Waals surface area contributed by atoms with Crippen LogP contribution in [-0.2, 0) is 46.9 Å². The average Bonchev–Trinajstić information content (AvgIpc) is 3.14. The zero-order valence-corrected chi connectivity index (χ0v) is 22.7. The maximum atomic E-state index is 13.2. The highest BCUT2D eigenvalue weighted by atomic mass is 79.9. The highest BCUT2D eigenvalue weighted by molar-refractivity contribution is 9.10. The molecule has 0 fully saturated rings. The molecule has 0 saturated carbocycles. The lowest BCUT2D eigenvalue weighted by Gasteiger charge is -2.29. The van der Waals surface area contributed by atoms with Crippen molar-refractivity contribution >= 4 is 25.8 Å². The van der Waals surface area contributed by atoms with Crippen LogP contribution >= 0.6 is 15.9 Å². The number of benzene rings is 1. The van der Waals surface area contributed by atoms with Crippen LogP contribution in [0.15, 0.2) is 50.4 Å². The summed E-state index contributed by atoms with van der Waals surface area (Å²) < 4.78 is 32.5. The molecule has 8 heteroatoms. The lowest BCUT2D eigenvalue weighted by atomic mass is 9.93. The molecule has 2 aromatic heterocycles. The smallest absolute Gasteiger partial charge is 0.184 e. The lowest BCUT2D eigenvalue weighted by Crippen LogP contribution is -2.30. The fourth-order valence-electron chi connectivity index (χ4n) is 4.26. The minimum absolute atomic E-state index is 0.203. The summed E-state index contributed by atoms with van der Waals surface area (Å²) in [5.74, 6) is 0.446. The highest BCUT2D eigenvalue weighted by Gasteiger charge is 2.29. The highest BCUT2D eigenvalue weighted by Crippen LogP contribution is 2.34. The van der Waals surface area contributed by atoms with Crippen molar-refractivity contribution in [3.8, 4) is 0 Å². The van der Waals surface area contributed by atoms with E-state index in [-0.39, 0.29) is 11.2 Å². The molecule has 0 radical (unpaired) electrons. The molecule has 6 nitrogen and oxygen atoms in total. The van der Waals surface area contributed by atoms with E-state index < -0.39 is 9.84 Å².